The fraction of sp³-hybridized carbons (Fsp3) is 0.167. The van der Waals surface area contributed by atoms with E-state index in [2.05, 4.69) is 38.1 Å². The Bertz CT molecular complexity index is 513. The molecule has 0 N–H and O–H groups in total. The third-order valence-corrected chi connectivity index (χ3v) is 6.31. The number of hydrogen-bond donors (Lipinski definition) is 0. The molecule has 0 atom stereocenters. The number of thiophene rings is 1. The zero-order valence-electron chi connectivity index (χ0n) is 8.13. The topological polar surface area (TPSA) is 0 Å². The van der Waals surface area contributed by atoms with Gasteiger partial charge in [-0.3, -0.25) is 0 Å². The van der Waals surface area contributed by atoms with E-state index in [9.17, 15) is 0 Å². The van der Waals surface area contributed by atoms with E-state index in [4.69, 9.17) is 0 Å². The van der Waals surface area contributed by atoms with E-state index in [1.54, 1.807) is 6.98 Å². The van der Waals surface area contributed by atoms with Gasteiger partial charge in [0, 0.05) is 0 Å². The Balaban J connectivity index is 2.49. The van der Waals surface area contributed by atoms with Gasteiger partial charge in [0.15, 0.2) is 0 Å². The zero-order valence-corrected chi connectivity index (χ0v) is 11.3. The molecule has 0 aliphatic heterocycles. The summed E-state index contributed by atoms with van der Waals surface area (Å²) < 4.78 is 4.68. The molecule has 0 unspecified atom stereocenters. The number of aryl methyl sites for hydroxylation is 2. The molecule has 14 heavy (non-hydrogen) atoms. The molecule has 70 valence electrons. The predicted molar refractivity (Wildman–Crippen MR) is 65.7 cm³/mol. The summed E-state index contributed by atoms with van der Waals surface area (Å²) in [4.78, 5) is 1.42. The number of fused-ring (bicyclic) bond motifs is 2. The summed E-state index contributed by atoms with van der Waals surface area (Å²) >= 11 is 1.89. The van der Waals surface area contributed by atoms with Crippen LogP contribution < -0.4 is 0 Å². The molecule has 0 bridgehead atoms. The molecule has 0 nitrogen and oxygen atoms in total. The van der Waals surface area contributed by atoms with Crippen LogP contribution in [0.3, 0.4) is 0 Å². The maximum absolute atomic E-state index is 2.41. The number of rotatable bonds is 0. The fourth-order valence-corrected chi connectivity index (χ4v) is 5.52. The first-order valence-corrected chi connectivity index (χ1v) is 7.77. The van der Waals surface area contributed by atoms with E-state index < -0.39 is 0 Å². The van der Waals surface area contributed by atoms with Gasteiger partial charge >= 0.3 is 97.2 Å². The second-order valence-corrected chi connectivity index (χ2v) is 8.61. The van der Waals surface area contributed by atoms with Gasteiger partial charge in [0.2, 0.25) is 0 Å². The SMILES string of the molecule is Cc1cc2cc3[te]c(C)cc3cc2s1. The maximum atomic E-state index is 2.41. The second-order valence-electron chi connectivity index (χ2n) is 3.64. The Morgan fingerprint density at radius 2 is 1.86 bits per heavy atom. The third kappa shape index (κ3) is 1.34. The molecule has 2 aromatic heterocycles. The van der Waals surface area contributed by atoms with Crippen molar-refractivity contribution in [3.63, 3.8) is 0 Å². The summed E-state index contributed by atoms with van der Waals surface area (Å²) in [5.41, 5.74) is 0. The fourth-order valence-electron chi connectivity index (χ4n) is 1.84. The van der Waals surface area contributed by atoms with Crippen molar-refractivity contribution in [3.8, 4) is 0 Å². The summed E-state index contributed by atoms with van der Waals surface area (Å²) in [7, 11) is 0. The third-order valence-electron chi connectivity index (χ3n) is 2.40. The van der Waals surface area contributed by atoms with Crippen LogP contribution in [0.25, 0.3) is 18.9 Å². The van der Waals surface area contributed by atoms with Crippen molar-refractivity contribution in [3.05, 3.63) is 32.7 Å². The Morgan fingerprint density at radius 1 is 1.00 bits per heavy atom. The van der Waals surface area contributed by atoms with E-state index >= 15 is 0 Å². The summed E-state index contributed by atoms with van der Waals surface area (Å²) in [6.45, 7) is 4.45. The van der Waals surface area contributed by atoms with Crippen molar-refractivity contribution >= 4 is 50.6 Å². The second kappa shape index (κ2) is 3.10. The molecule has 0 radical (unpaired) electrons. The van der Waals surface area contributed by atoms with Gasteiger partial charge in [-0.25, -0.2) is 0 Å². The van der Waals surface area contributed by atoms with Crippen molar-refractivity contribution in [2.75, 3.05) is 0 Å². The van der Waals surface area contributed by atoms with Crippen LogP contribution in [0.15, 0.2) is 24.3 Å². The average molecular weight is 314 g/mol. The van der Waals surface area contributed by atoms with Crippen LogP contribution in [0, 0.1) is 13.8 Å². The Labute approximate surface area is 96.8 Å². The molecular weight excluding hydrogens is 304 g/mol. The molecule has 0 amide bonds. The molecule has 0 spiro atoms. The molecule has 3 rings (SSSR count). The molecule has 0 aliphatic rings. The minimum absolute atomic E-state index is 0.0182. The van der Waals surface area contributed by atoms with Gasteiger partial charge < -0.3 is 0 Å². The predicted octanol–water partition coefficient (Wildman–Crippen LogP) is 3.73. The molecular formula is C12H10STe. The van der Waals surface area contributed by atoms with Crippen LogP contribution in [0.5, 0.6) is 0 Å². The van der Waals surface area contributed by atoms with Crippen molar-refractivity contribution in [2.24, 2.45) is 0 Å². The molecule has 3 aromatic rings. The van der Waals surface area contributed by atoms with Crippen LogP contribution in [0.2, 0.25) is 0 Å². The van der Waals surface area contributed by atoms with Gasteiger partial charge in [-0.1, -0.05) is 0 Å². The van der Waals surface area contributed by atoms with Crippen LogP contribution in [0.1, 0.15) is 8.46 Å². The first kappa shape index (κ1) is 8.97. The van der Waals surface area contributed by atoms with Crippen molar-refractivity contribution in [2.45, 2.75) is 13.8 Å². The quantitative estimate of drug-likeness (QED) is 0.555. The minimum atomic E-state index is -0.0182. The van der Waals surface area contributed by atoms with E-state index in [-0.39, 0.29) is 20.4 Å². The summed E-state index contributed by atoms with van der Waals surface area (Å²) in [5, 5.41) is 2.93. The monoisotopic (exact) mass is 316 g/mol. The number of hydrogen-bond acceptors (Lipinski definition) is 1. The average Bonchev–Trinajstić information content (AvgIpc) is 2.59. The van der Waals surface area contributed by atoms with E-state index in [0.717, 1.165) is 0 Å². The Kier molecular flexibility index (Phi) is 1.99. The molecule has 0 aliphatic carbocycles. The van der Waals surface area contributed by atoms with Gasteiger partial charge in [0.25, 0.3) is 0 Å². The first-order chi connectivity index (χ1) is 6.72. The van der Waals surface area contributed by atoms with Crippen LogP contribution in [-0.4, -0.2) is 20.4 Å². The Hall–Kier alpha value is -0.290. The van der Waals surface area contributed by atoms with E-state index in [1.165, 1.54) is 20.3 Å². The van der Waals surface area contributed by atoms with Gasteiger partial charge in [0.05, 0.1) is 0 Å². The van der Waals surface area contributed by atoms with Crippen molar-refractivity contribution < 1.29 is 0 Å². The van der Waals surface area contributed by atoms with Gasteiger partial charge in [-0.2, -0.15) is 0 Å². The van der Waals surface area contributed by atoms with Crippen LogP contribution >= 0.6 is 11.3 Å². The normalized spacial score (nSPS) is 11.6. The molecule has 0 saturated heterocycles. The van der Waals surface area contributed by atoms with Gasteiger partial charge in [0.1, 0.15) is 0 Å². The van der Waals surface area contributed by atoms with Crippen molar-refractivity contribution in [1.82, 2.24) is 0 Å². The Morgan fingerprint density at radius 3 is 2.71 bits per heavy atom. The van der Waals surface area contributed by atoms with Crippen molar-refractivity contribution in [1.29, 1.82) is 0 Å². The standard InChI is InChI=1S/C12H10STe/c1-7-3-9-6-12-10(4-8(2)14-12)5-11(9)13-7/h3-6H,1-2H3. The molecule has 0 fully saturated rings. The first-order valence-electron chi connectivity index (χ1n) is 4.63. The zero-order chi connectivity index (χ0) is 9.71. The summed E-state index contributed by atoms with van der Waals surface area (Å²) in [6, 6.07) is 9.44. The molecule has 2 heteroatoms. The van der Waals surface area contributed by atoms with Gasteiger partial charge in [-0.05, 0) is 0 Å². The molecule has 0 saturated carbocycles. The number of benzene rings is 1. The van der Waals surface area contributed by atoms with Gasteiger partial charge in [-0.15, -0.1) is 0 Å². The van der Waals surface area contributed by atoms with Crippen LogP contribution in [-0.2, 0) is 0 Å². The van der Waals surface area contributed by atoms with E-state index in [0.29, 0.717) is 0 Å². The van der Waals surface area contributed by atoms with Crippen LogP contribution in [0.4, 0.5) is 0 Å². The molecule has 2 heterocycles. The summed E-state index contributed by atoms with van der Waals surface area (Å²) in [5.74, 6) is 0. The van der Waals surface area contributed by atoms with E-state index in [1.807, 2.05) is 11.3 Å². The summed E-state index contributed by atoms with van der Waals surface area (Å²) in [6.07, 6.45) is 0. The molecule has 1 aromatic carbocycles.